The van der Waals surface area contributed by atoms with E-state index in [1.165, 1.54) is 0 Å². The van der Waals surface area contributed by atoms with E-state index in [-0.39, 0.29) is 0 Å². The molecular formula is C11H18O. The van der Waals surface area contributed by atoms with Crippen molar-refractivity contribution in [3.05, 3.63) is 23.5 Å². The van der Waals surface area contributed by atoms with Crippen molar-refractivity contribution in [2.24, 2.45) is 11.3 Å². The largest absolute Gasteiger partial charge is 0.508 e. The van der Waals surface area contributed by atoms with Crippen LogP contribution in [0.25, 0.3) is 0 Å². The number of rotatable bonds is 0. The summed E-state index contributed by atoms with van der Waals surface area (Å²) in [6.07, 6.45) is 5.06. The Morgan fingerprint density at radius 3 is 2.42 bits per heavy atom. The lowest BCUT2D eigenvalue weighted by molar-refractivity contribution is 0.284. The minimum atomic E-state index is 0.304. The van der Waals surface area contributed by atoms with Crippen LogP contribution < -0.4 is 0 Å². The lowest BCUT2D eigenvalue weighted by Crippen LogP contribution is -2.20. The predicted octanol–water partition coefficient (Wildman–Crippen LogP) is 3.44. The van der Waals surface area contributed by atoms with Gasteiger partial charge in [-0.05, 0) is 36.3 Å². The Hall–Kier alpha value is -0.720. The van der Waals surface area contributed by atoms with Crippen molar-refractivity contribution >= 4 is 0 Å². The third kappa shape index (κ3) is 1.90. The molecule has 1 aliphatic carbocycles. The smallest absolute Gasteiger partial charge is 0.114 e. The van der Waals surface area contributed by atoms with E-state index in [1.54, 1.807) is 0 Å². The van der Waals surface area contributed by atoms with E-state index >= 15 is 0 Å². The maximum Gasteiger partial charge on any atom is 0.114 e. The Morgan fingerprint density at radius 2 is 2.00 bits per heavy atom. The summed E-state index contributed by atoms with van der Waals surface area (Å²) in [4.78, 5) is 0. The second-order valence-corrected chi connectivity index (χ2v) is 4.65. The van der Waals surface area contributed by atoms with Crippen LogP contribution in [0.2, 0.25) is 0 Å². The van der Waals surface area contributed by atoms with Gasteiger partial charge < -0.3 is 5.11 Å². The summed E-state index contributed by atoms with van der Waals surface area (Å²) in [7, 11) is 0. The third-order valence-electron chi connectivity index (χ3n) is 2.53. The molecule has 0 heterocycles. The van der Waals surface area contributed by atoms with Gasteiger partial charge in [0.2, 0.25) is 0 Å². The first-order chi connectivity index (χ1) is 5.41. The normalized spacial score (nSPS) is 24.8. The van der Waals surface area contributed by atoms with Crippen molar-refractivity contribution in [1.29, 1.82) is 0 Å². The Bertz CT molecular complexity index is 228. The van der Waals surface area contributed by atoms with Crippen molar-refractivity contribution < 1.29 is 5.11 Å². The zero-order chi connectivity index (χ0) is 9.35. The number of aliphatic hydroxyl groups excluding tert-OH is 1. The molecular weight excluding hydrogens is 148 g/mol. The highest BCUT2D eigenvalue weighted by molar-refractivity contribution is 5.27. The molecule has 1 atom stereocenters. The molecule has 1 N–H and O–H groups in total. The molecule has 0 aliphatic heterocycles. The zero-order valence-corrected chi connectivity index (χ0v) is 8.39. The molecule has 68 valence electrons. The van der Waals surface area contributed by atoms with Crippen LogP contribution in [-0.4, -0.2) is 5.11 Å². The fourth-order valence-electron chi connectivity index (χ4n) is 1.46. The second kappa shape index (κ2) is 2.96. The molecule has 0 aromatic carbocycles. The van der Waals surface area contributed by atoms with Crippen LogP contribution in [0.5, 0.6) is 0 Å². The van der Waals surface area contributed by atoms with Gasteiger partial charge in [0.1, 0.15) is 5.76 Å². The Balaban J connectivity index is 2.79. The van der Waals surface area contributed by atoms with Crippen LogP contribution in [0.4, 0.5) is 0 Å². The maximum absolute atomic E-state index is 9.35. The molecule has 1 aliphatic rings. The van der Waals surface area contributed by atoms with Gasteiger partial charge in [0.05, 0.1) is 0 Å². The summed E-state index contributed by atoms with van der Waals surface area (Å²) in [6, 6.07) is 0. The van der Waals surface area contributed by atoms with Gasteiger partial charge in [-0.25, -0.2) is 0 Å². The van der Waals surface area contributed by atoms with Gasteiger partial charge in [-0.2, -0.15) is 0 Å². The van der Waals surface area contributed by atoms with E-state index in [2.05, 4.69) is 26.8 Å². The summed E-state index contributed by atoms with van der Waals surface area (Å²) >= 11 is 0. The van der Waals surface area contributed by atoms with Gasteiger partial charge in [-0.15, -0.1) is 0 Å². The number of hydrogen-bond acceptors (Lipinski definition) is 1. The summed E-state index contributed by atoms with van der Waals surface area (Å²) in [5.41, 5.74) is 1.32. The molecule has 1 unspecified atom stereocenters. The van der Waals surface area contributed by atoms with Gasteiger partial charge in [0.15, 0.2) is 0 Å². The highest BCUT2D eigenvalue weighted by Crippen LogP contribution is 2.34. The number of hydrogen-bond donors (Lipinski definition) is 1. The molecule has 0 aromatic rings. The van der Waals surface area contributed by atoms with Gasteiger partial charge >= 0.3 is 0 Å². The molecule has 0 bridgehead atoms. The van der Waals surface area contributed by atoms with Crippen LogP contribution in [0.1, 0.15) is 34.1 Å². The Morgan fingerprint density at radius 1 is 1.42 bits per heavy atom. The number of allylic oxidation sites excluding steroid dienone is 3. The lowest BCUT2D eigenvalue weighted by atomic mass is 9.76. The molecule has 0 spiro atoms. The van der Waals surface area contributed by atoms with Crippen LogP contribution in [0.15, 0.2) is 23.5 Å². The van der Waals surface area contributed by atoms with Gasteiger partial charge in [-0.1, -0.05) is 26.8 Å². The van der Waals surface area contributed by atoms with Crippen molar-refractivity contribution in [2.45, 2.75) is 34.1 Å². The highest BCUT2D eigenvalue weighted by atomic mass is 16.3. The molecule has 0 saturated carbocycles. The van der Waals surface area contributed by atoms with E-state index in [0.29, 0.717) is 17.1 Å². The monoisotopic (exact) mass is 166 g/mol. The maximum atomic E-state index is 9.35. The van der Waals surface area contributed by atoms with E-state index in [0.717, 1.165) is 12.0 Å². The minimum absolute atomic E-state index is 0.304. The Kier molecular flexibility index (Phi) is 2.31. The average molecular weight is 166 g/mol. The molecule has 1 nitrogen and oxygen atoms in total. The molecule has 0 amide bonds. The van der Waals surface area contributed by atoms with Crippen molar-refractivity contribution in [2.75, 3.05) is 0 Å². The average Bonchev–Trinajstić information content (AvgIpc) is 1.92. The van der Waals surface area contributed by atoms with E-state index in [9.17, 15) is 5.11 Å². The van der Waals surface area contributed by atoms with Crippen LogP contribution in [0.3, 0.4) is 0 Å². The third-order valence-corrected chi connectivity index (χ3v) is 2.53. The van der Waals surface area contributed by atoms with Gasteiger partial charge in [0, 0.05) is 0 Å². The molecule has 12 heavy (non-hydrogen) atoms. The summed E-state index contributed by atoms with van der Waals surface area (Å²) < 4.78 is 0. The Labute approximate surface area is 74.8 Å². The lowest BCUT2D eigenvalue weighted by Gasteiger charge is -2.30. The number of aliphatic hydroxyl groups is 1. The standard InChI is InChI=1S/C11H18O/c1-8-7-9(11(2,3)4)5-6-10(8)12/h6-7,9,12H,5H2,1-4H3. The predicted molar refractivity (Wildman–Crippen MR) is 52.0 cm³/mol. The van der Waals surface area contributed by atoms with Crippen molar-refractivity contribution in [3.63, 3.8) is 0 Å². The first-order valence-corrected chi connectivity index (χ1v) is 4.49. The fraction of sp³-hybridized carbons (Fsp3) is 0.636. The van der Waals surface area contributed by atoms with E-state index in [4.69, 9.17) is 0 Å². The summed E-state index contributed by atoms with van der Waals surface area (Å²) in [5.74, 6) is 1.02. The first kappa shape index (κ1) is 9.37. The minimum Gasteiger partial charge on any atom is -0.508 e. The SMILES string of the molecule is CC1=CC(C(C)(C)C)CC=C1O. The van der Waals surface area contributed by atoms with E-state index < -0.39 is 0 Å². The fourth-order valence-corrected chi connectivity index (χ4v) is 1.46. The molecule has 1 rings (SSSR count). The van der Waals surface area contributed by atoms with Crippen molar-refractivity contribution in [1.82, 2.24) is 0 Å². The summed E-state index contributed by atoms with van der Waals surface area (Å²) in [5, 5.41) is 9.35. The van der Waals surface area contributed by atoms with Gasteiger partial charge in [-0.3, -0.25) is 0 Å². The van der Waals surface area contributed by atoms with E-state index in [1.807, 2.05) is 13.0 Å². The second-order valence-electron chi connectivity index (χ2n) is 4.65. The topological polar surface area (TPSA) is 20.2 Å². The van der Waals surface area contributed by atoms with Crippen LogP contribution in [-0.2, 0) is 0 Å². The highest BCUT2D eigenvalue weighted by Gasteiger charge is 2.24. The van der Waals surface area contributed by atoms with Crippen LogP contribution >= 0.6 is 0 Å². The van der Waals surface area contributed by atoms with Gasteiger partial charge in [0.25, 0.3) is 0 Å². The van der Waals surface area contributed by atoms with Crippen LogP contribution in [0, 0.1) is 11.3 Å². The summed E-state index contributed by atoms with van der Waals surface area (Å²) in [6.45, 7) is 8.66. The quantitative estimate of drug-likeness (QED) is 0.584. The first-order valence-electron chi connectivity index (χ1n) is 4.49. The molecule has 0 saturated heterocycles. The molecule has 0 aromatic heterocycles. The molecule has 0 radical (unpaired) electrons. The molecule has 0 fully saturated rings. The zero-order valence-electron chi connectivity index (χ0n) is 8.39. The molecule has 1 heteroatoms. The van der Waals surface area contributed by atoms with Crippen molar-refractivity contribution in [3.8, 4) is 0 Å².